The Kier molecular flexibility index (Phi) is 6.19. The minimum atomic E-state index is -0.284. The molecule has 0 atom stereocenters. The first-order chi connectivity index (χ1) is 14.1. The average Bonchev–Trinajstić information content (AvgIpc) is 3.11. The molecule has 0 saturated heterocycles. The first-order valence-electron chi connectivity index (χ1n) is 8.91. The molecule has 0 radical (unpaired) electrons. The van der Waals surface area contributed by atoms with Crippen LogP contribution in [0.4, 0.5) is 4.39 Å². The number of nitrogens with zero attached hydrogens (tertiary/aromatic N) is 3. The number of halogens is 3. The highest BCUT2D eigenvalue weighted by molar-refractivity contribution is 7.98. The molecule has 4 aromatic rings. The Balaban J connectivity index is 1.66. The first-order valence-corrected chi connectivity index (χ1v) is 10.7. The van der Waals surface area contributed by atoms with Crippen molar-refractivity contribution in [1.29, 1.82) is 0 Å². The van der Waals surface area contributed by atoms with Crippen LogP contribution in [0.25, 0.3) is 5.69 Å². The SMILES string of the molecule is Fc1ccc(-n2c(Cc3ccccc3)nnc2SCc2ccc(Cl)cc2Cl)cc1. The molecular weight excluding hydrogens is 428 g/mol. The third-order valence-electron chi connectivity index (χ3n) is 4.36. The van der Waals surface area contributed by atoms with Crippen molar-refractivity contribution < 1.29 is 4.39 Å². The molecule has 4 rings (SSSR count). The van der Waals surface area contributed by atoms with E-state index in [2.05, 4.69) is 10.2 Å². The standard InChI is InChI=1S/C22H16Cl2FN3S/c23-17-7-6-16(20(24)13-17)14-29-22-27-26-21(12-15-4-2-1-3-5-15)28(22)19-10-8-18(25)9-11-19/h1-11,13H,12,14H2. The Morgan fingerprint density at radius 1 is 0.897 bits per heavy atom. The van der Waals surface area contributed by atoms with E-state index in [-0.39, 0.29) is 5.82 Å². The second-order valence-corrected chi connectivity index (χ2v) is 8.18. The van der Waals surface area contributed by atoms with E-state index >= 15 is 0 Å². The molecule has 0 saturated carbocycles. The van der Waals surface area contributed by atoms with E-state index in [9.17, 15) is 4.39 Å². The summed E-state index contributed by atoms with van der Waals surface area (Å²) in [6.45, 7) is 0. The Morgan fingerprint density at radius 2 is 1.66 bits per heavy atom. The number of rotatable bonds is 6. The summed E-state index contributed by atoms with van der Waals surface area (Å²) in [6.07, 6.45) is 0.619. The van der Waals surface area contributed by atoms with Crippen molar-refractivity contribution in [3.63, 3.8) is 0 Å². The molecule has 0 bridgehead atoms. The van der Waals surface area contributed by atoms with E-state index in [0.717, 1.165) is 22.6 Å². The minimum Gasteiger partial charge on any atom is -0.274 e. The first kappa shape index (κ1) is 20.0. The number of hydrogen-bond acceptors (Lipinski definition) is 3. The van der Waals surface area contributed by atoms with E-state index in [1.807, 2.05) is 47.0 Å². The lowest BCUT2D eigenvalue weighted by Gasteiger charge is -2.11. The van der Waals surface area contributed by atoms with Gasteiger partial charge in [-0.1, -0.05) is 71.4 Å². The van der Waals surface area contributed by atoms with E-state index in [4.69, 9.17) is 23.2 Å². The molecule has 1 aromatic heterocycles. The summed E-state index contributed by atoms with van der Waals surface area (Å²) in [5, 5.41) is 10.7. The Bertz CT molecular complexity index is 1110. The van der Waals surface area contributed by atoms with Crippen molar-refractivity contribution in [3.05, 3.63) is 106 Å². The van der Waals surface area contributed by atoms with Crippen LogP contribution in [0.5, 0.6) is 0 Å². The van der Waals surface area contributed by atoms with Gasteiger partial charge in [-0.05, 0) is 47.5 Å². The fraction of sp³-hybridized carbons (Fsp3) is 0.0909. The molecule has 0 spiro atoms. The summed E-state index contributed by atoms with van der Waals surface area (Å²) in [7, 11) is 0. The predicted molar refractivity (Wildman–Crippen MR) is 117 cm³/mol. The maximum atomic E-state index is 13.5. The number of thioether (sulfide) groups is 1. The lowest BCUT2D eigenvalue weighted by Crippen LogP contribution is -2.04. The summed E-state index contributed by atoms with van der Waals surface area (Å²) < 4.78 is 15.4. The van der Waals surface area contributed by atoms with Crippen LogP contribution < -0.4 is 0 Å². The largest absolute Gasteiger partial charge is 0.274 e. The smallest absolute Gasteiger partial charge is 0.196 e. The normalized spacial score (nSPS) is 11.0. The van der Waals surface area contributed by atoms with Gasteiger partial charge in [0.05, 0.1) is 0 Å². The predicted octanol–water partition coefficient (Wildman–Crippen LogP) is 6.60. The third kappa shape index (κ3) is 4.81. The maximum Gasteiger partial charge on any atom is 0.196 e. The summed E-state index contributed by atoms with van der Waals surface area (Å²) in [4.78, 5) is 0. The molecule has 0 unspecified atom stereocenters. The second-order valence-electron chi connectivity index (χ2n) is 6.40. The molecule has 0 aliphatic rings. The average molecular weight is 444 g/mol. The maximum absolute atomic E-state index is 13.5. The van der Waals surface area contributed by atoms with Crippen LogP contribution in [0.1, 0.15) is 17.0 Å². The van der Waals surface area contributed by atoms with E-state index in [1.165, 1.54) is 23.9 Å². The van der Waals surface area contributed by atoms with Gasteiger partial charge in [-0.25, -0.2) is 4.39 Å². The minimum absolute atomic E-state index is 0.284. The van der Waals surface area contributed by atoms with Crippen LogP contribution in [-0.2, 0) is 12.2 Å². The van der Waals surface area contributed by atoms with Crippen LogP contribution in [0.15, 0.2) is 78.0 Å². The topological polar surface area (TPSA) is 30.7 Å². The summed E-state index contributed by atoms with van der Waals surface area (Å²) in [6, 6.07) is 21.8. The molecule has 0 aliphatic heterocycles. The number of hydrogen-bond donors (Lipinski definition) is 0. The highest BCUT2D eigenvalue weighted by Crippen LogP contribution is 2.30. The van der Waals surface area contributed by atoms with Gasteiger partial charge in [0, 0.05) is 27.9 Å². The van der Waals surface area contributed by atoms with Gasteiger partial charge in [-0.3, -0.25) is 4.57 Å². The molecule has 0 fully saturated rings. The highest BCUT2D eigenvalue weighted by atomic mass is 35.5. The van der Waals surface area contributed by atoms with Gasteiger partial charge in [0.1, 0.15) is 11.6 Å². The fourth-order valence-electron chi connectivity index (χ4n) is 2.92. The third-order valence-corrected chi connectivity index (χ3v) is 5.93. The van der Waals surface area contributed by atoms with Crippen molar-refractivity contribution in [1.82, 2.24) is 14.8 Å². The van der Waals surface area contributed by atoms with Crippen LogP contribution in [-0.4, -0.2) is 14.8 Å². The van der Waals surface area contributed by atoms with Crippen molar-refractivity contribution in [2.45, 2.75) is 17.3 Å². The van der Waals surface area contributed by atoms with Gasteiger partial charge in [-0.2, -0.15) is 0 Å². The Labute approximate surface area is 182 Å². The van der Waals surface area contributed by atoms with Crippen LogP contribution >= 0.6 is 35.0 Å². The molecule has 29 heavy (non-hydrogen) atoms. The molecule has 3 aromatic carbocycles. The van der Waals surface area contributed by atoms with E-state index < -0.39 is 0 Å². The van der Waals surface area contributed by atoms with Gasteiger partial charge in [0.15, 0.2) is 5.16 Å². The quantitative estimate of drug-likeness (QED) is 0.314. The van der Waals surface area contributed by atoms with Gasteiger partial charge >= 0.3 is 0 Å². The van der Waals surface area contributed by atoms with E-state index in [1.54, 1.807) is 18.2 Å². The zero-order chi connectivity index (χ0) is 20.2. The van der Waals surface area contributed by atoms with Gasteiger partial charge < -0.3 is 0 Å². The molecular formula is C22H16Cl2FN3S. The Hall–Kier alpha value is -2.34. The van der Waals surface area contributed by atoms with Gasteiger partial charge in [-0.15, -0.1) is 10.2 Å². The van der Waals surface area contributed by atoms with Crippen molar-refractivity contribution in [3.8, 4) is 5.69 Å². The van der Waals surface area contributed by atoms with Crippen LogP contribution in [0.2, 0.25) is 10.0 Å². The summed E-state index contributed by atoms with van der Waals surface area (Å²) in [5.74, 6) is 1.11. The zero-order valence-electron chi connectivity index (χ0n) is 15.2. The van der Waals surface area contributed by atoms with Crippen LogP contribution in [0.3, 0.4) is 0 Å². The van der Waals surface area contributed by atoms with Gasteiger partial charge in [0.25, 0.3) is 0 Å². The lowest BCUT2D eigenvalue weighted by atomic mass is 10.1. The number of aromatic nitrogens is 3. The second kappa shape index (κ2) is 8.99. The lowest BCUT2D eigenvalue weighted by molar-refractivity contribution is 0.627. The monoisotopic (exact) mass is 443 g/mol. The van der Waals surface area contributed by atoms with Crippen molar-refractivity contribution in [2.75, 3.05) is 0 Å². The molecule has 3 nitrogen and oxygen atoms in total. The molecule has 1 heterocycles. The van der Waals surface area contributed by atoms with Crippen molar-refractivity contribution in [2.24, 2.45) is 0 Å². The summed E-state index contributed by atoms with van der Waals surface area (Å²) >= 11 is 13.8. The van der Waals surface area contributed by atoms with Crippen LogP contribution in [0, 0.1) is 5.82 Å². The fourth-order valence-corrected chi connectivity index (χ4v) is 4.45. The molecule has 146 valence electrons. The molecule has 0 aliphatic carbocycles. The molecule has 7 heteroatoms. The van der Waals surface area contributed by atoms with Crippen molar-refractivity contribution >= 4 is 35.0 Å². The summed E-state index contributed by atoms with van der Waals surface area (Å²) in [5.41, 5.74) is 2.90. The molecule has 0 amide bonds. The zero-order valence-corrected chi connectivity index (χ0v) is 17.6. The highest BCUT2D eigenvalue weighted by Gasteiger charge is 2.16. The number of benzene rings is 3. The Morgan fingerprint density at radius 3 is 2.38 bits per heavy atom. The van der Waals surface area contributed by atoms with Gasteiger partial charge in [0.2, 0.25) is 0 Å². The molecule has 0 N–H and O–H groups in total. The van der Waals surface area contributed by atoms with E-state index in [0.29, 0.717) is 27.4 Å².